The SMILES string of the molecule is [CH2]C(=O)NNC(C)=O. The van der Waals surface area contributed by atoms with Crippen LogP contribution in [-0.4, -0.2) is 11.8 Å². The van der Waals surface area contributed by atoms with E-state index in [-0.39, 0.29) is 5.91 Å². The van der Waals surface area contributed by atoms with Crippen LogP contribution in [-0.2, 0) is 9.59 Å². The number of nitrogens with one attached hydrogen (secondary N) is 2. The Morgan fingerprint density at radius 3 is 2.00 bits per heavy atom. The van der Waals surface area contributed by atoms with E-state index >= 15 is 0 Å². The molecule has 0 aromatic carbocycles. The predicted octanol–water partition coefficient (Wildman–Crippen LogP) is -1.01. The normalized spacial score (nSPS) is 7.75. The van der Waals surface area contributed by atoms with E-state index in [1.807, 2.05) is 10.9 Å². The molecule has 2 amide bonds. The molecule has 2 N–H and O–H groups in total. The Balaban J connectivity index is 3.18. The van der Waals surface area contributed by atoms with Crippen LogP contribution in [0.3, 0.4) is 0 Å². The van der Waals surface area contributed by atoms with Crippen LogP contribution in [0.2, 0.25) is 0 Å². The summed E-state index contributed by atoms with van der Waals surface area (Å²) >= 11 is 0. The maximum absolute atomic E-state index is 9.99. The van der Waals surface area contributed by atoms with E-state index < -0.39 is 5.91 Å². The van der Waals surface area contributed by atoms with Gasteiger partial charge in [-0.2, -0.15) is 0 Å². The van der Waals surface area contributed by atoms with Crippen molar-refractivity contribution in [2.75, 3.05) is 0 Å². The van der Waals surface area contributed by atoms with E-state index in [1.54, 1.807) is 0 Å². The third-order valence-electron chi connectivity index (χ3n) is 0.378. The van der Waals surface area contributed by atoms with Gasteiger partial charge < -0.3 is 0 Å². The molecule has 0 fully saturated rings. The second kappa shape index (κ2) is 3.01. The highest BCUT2D eigenvalue weighted by atomic mass is 16.2. The molecule has 0 saturated heterocycles. The highest BCUT2D eigenvalue weighted by Gasteiger charge is 1.88. The molecule has 0 aromatic heterocycles. The summed E-state index contributed by atoms with van der Waals surface area (Å²) in [5, 5.41) is 0. The van der Waals surface area contributed by atoms with Gasteiger partial charge in [-0.1, -0.05) is 0 Å². The Morgan fingerprint density at radius 2 is 1.88 bits per heavy atom. The molecule has 4 nitrogen and oxygen atoms in total. The van der Waals surface area contributed by atoms with E-state index in [0.717, 1.165) is 0 Å². The minimum Gasteiger partial charge on any atom is -0.274 e. The fourth-order valence-corrected chi connectivity index (χ4v) is 0.158. The van der Waals surface area contributed by atoms with Crippen LogP contribution < -0.4 is 10.9 Å². The topological polar surface area (TPSA) is 58.2 Å². The van der Waals surface area contributed by atoms with Crippen molar-refractivity contribution in [1.29, 1.82) is 0 Å². The van der Waals surface area contributed by atoms with Crippen LogP contribution in [0.15, 0.2) is 0 Å². The highest BCUT2D eigenvalue weighted by Crippen LogP contribution is 1.54. The highest BCUT2D eigenvalue weighted by molar-refractivity contribution is 5.83. The average Bonchev–Trinajstić information content (AvgIpc) is 1.61. The summed E-state index contributed by atoms with van der Waals surface area (Å²) in [6.45, 7) is 4.23. The number of amides is 2. The lowest BCUT2D eigenvalue weighted by atomic mass is 10.7. The molecule has 0 aromatic rings. The smallest absolute Gasteiger partial charge is 0.238 e. The molecule has 0 saturated carbocycles. The van der Waals surface area contributed by atoms with Gasteiger partial charge in [0.05, 0.1) is 0 Å². The predicted molar refractivity (Wildman–Crippen MR) is 27.3 cm³/mol. The summed E-state index contributed by atoms with van der Waals surface area (Å²) in [5.41, 5.74) is 4.04. The van der Waals surface area contributed by atoms with Gasteiger partial charge in [-0.25, -0.2) is 0 Å². The van der Waals surface area contributed by atoms with Gasteiger partial charge in [-0.05, 0) is 0 Å². The molecule has 0 aliphatic carbocycles. The molecular formula is C4H7N2O2. The first-order valence-corrected chi connectivity index (χ1v) is 2.01. The lowest BCUT2D eigenvalue weighted by molar-refractivity contribution is -0.125. The van der Waals surface area contributed by atoms with Crippen LogP contribution in [0.4, 0.5) is 0 Å². The average molecular weight is 115 g/mol. The lowest BCUT2D eigenvalue weighted by Gasteiger charge is -1.97. The Bertz CT molecular complexity index is 96.6. The number of hydrogen-bond donors (Lipinski definition) is 2. The Kier molecular flexibility index (Phi) is 2.61. The van der Waals surface area contributed by atoms with Crippen molar-refractivity contribution in [2.24, 2.45) is 0 Å². The first kappa shape index (κ1) is 6.94. The Morgan fingerprint density at radius 1 is 1.38 bits per heavy atom. The molecule has 0 aliphatic heterocycles. The summed E-state index contributed by atoms with van der Waals surface area (Å²) in [5.74, 6) is -0.845. The number of carbonyl (C=O) groups is 2. The largest absolute Gasteiger partial charge is 0.274 e. The van der Waals surface area contributed by atoms with Gasteiger partial charge in [0.15, 0.2) is 0 Å². The molecular weight excluding hydrogens is 108 g/mol. The maximum atomic E-state index is 9.99. The van der Waals surface area contributed by atoms with Gasteiger partial charge in [-0.3, -0.25) is 20.4 Å². The van der Waals surface area contributed by atoms with Crippen LogP contribution in [0.1, 0.15) is 6.92 Å². The van der Waals surface area contributed by atoms with Crippen molar-refractivity contribution in [3.8, 4) is 0 Å². The Hall–Kier alpha value is -1.06. The maximum Gasteiger partial charge on any atom is 0.238 e. The molecule has 45 valence electrons. The van der Waals surface area contributed by atoms with Gasteiger partial charge in [0.2, 0.25) is 11.8 Å². The number of carbonyl (C=O) groups excluding carboxylic acids is 2. The zero-order valence-electron chi connectivity index (χ0n) is 4.52. The molecule has 0 aliphatic rings. The van der Waals surface area contributed by atoms with Crippen LogP contribution in [0, 0.1) is 6.92 Å². The van der Waals surface area contributed by atoms with E-state index in [0.29, 0.717) is 0 Å². The summed E-state index contributed by atoms with van der Waals surface area (Å²) in [4.78, 5) is 19.9. The van der Waals surface area contributed by atoms with Crippen LogP contribution in [0.5, 0.6) is 0 Å². The third-order valence-corrected chi connectivity index (χ3v) is 0.378. The van der Waals surface area contributed by atoms with Gasteiger partial charge in [0, 0.05) is 13.8 Å². The molecule has 0 unspecified atom stereocenters. The zero-order valence-corrected chi connectivity index (χ0v) is 4.52. The van der Waals surface area contributed by atoms with Crippen LogP contribution in [0.25, 0.3) is 0 Å². The van der Waals surface area contributed by atoms with Crippen LogP contribution >= 0.6 is 0 Å². The second-order valence-electron chi connectivity index (χ2n) is 1.23. The molecule has 4 heteroatoms. The van der Waals surface area contributed by atoms with Crippen molar-refractivity contribution in [3.05, 3.63) is 6.92 Å². The molecule has 8 heavy (non-hydrogen) atoms. The van der Waals surface area contributed by atoms with E-state index in [9.17, 15) is 9.59 Å². The summed E-state index contributed by atoms with van der Waals surface area (Å²) < 4.78 is 0. The summed E-state index contributed by atoms with van der Waals surface area (Å²) in [7, 11) is 0. The standard InChI is InChI=1S/C4H7N2O2/c1-3(7)5-6-4(2)8/h1H2,2H3,(H,5,7)(H,6,8). The van der Waals surface area contributed by atoms with Gasteiger partial charge in [-0.15, -0.1) is 0 Å². The van der Waals surface area contributed by atoms with E-state index in [2.05, 4.69) is 6.92 Å². The van der Waals surface area contributed by atoms with Crippen molar-refractivity contribution >= 4 is 11.8 Å². The zero-order chi connectivity index (χ0) is 6.57. The van der Waals surface area contributed by atoms with Crippen molar-refractivity contribution in [3.63, 3.8) is 0 Å². The Labute approximate surface area is 47.2 Å². The van der Waals surface area contributed by atoms with Gasteiger partial charge >= 0.3 is 0 Å². The monoisotopic (exact) mass is 115 g/mol. The molecule has 1 radical (unpaired) electrons. The first-order valence-electron chi connectivity index (χ1n) is 2.01. The quantitative estimate of drug-likeness (QED) is 0.397. The molecule has 0 atom stereocenters. The minimum absolute atomic E-state index is 0.318. The molecule has 0 bridgehead atoms. The first-order chi connectivity index (χ1) is 3.63. The fourth-order valence-electron chi connectivity index (χ4n) is 0.158. The van der Waals surface area contributed by atoms with Crippen molar-refractivity contribution in [2.45, 2.75) is 6.92 Å². The fraction of sp³-hybridized carbons (Fsp3) is 0.250. The minimum atomic E-state index is -0.528. The van der Waals surface area contributed by atoms with E-state index in [4.69, 9.17) is 0 Å². The molecule has 0 heterocycles. The van der Waals surface area contributed by atoms with Gasteiger partial charge in [0.25, 0.3) is 0 Å². The van der Waals surface area contributed by atoms with E-state index in [1.165, 1.54) is 6.92 Å². The number of hydrogen-bond acceptors (Lipinski definition) is 2. The summed E-state index contributed by atoms with van der Waals surface area (Å²) in [6.07, 6.45) is 0. The lowest BCUT2D eigenvalue weighted by Crippen LogP contribution is -2.38. The van der Waals surface area contributed by atoms with Gasteiger partial charge in [0.1, 0.15) is 0 Å². The molecule has 0 rings (SSSR count). The molecule has 0 spiro atoms. The number of hydrazine groups is 1. The third kappa shape index (κ3) is 4.94. The summed E-state index contributed by atoms with van der Waals surface area (Å²) in [6, 6.07) is 0. The second-order valence-corrected chi connectivity index (χ2v) is 1.23. The van der Waals surface area contributed by atoms with Crippen molar-refractivity contribution in [1.82, 2.24) is 10.9 Å². The number of rotatable bonds is 0. The van der Waals surface area contributed by atoms with Crippen molar-refractivity contribution < 1.29 is 9.59 Å².